The molecule has 0 N–H and O–H groups in total. The fourth-order valence-electron chi connectivity index (χ4n) is 2.31. The van der Waals surface area contributed by atoms with Gasteiger partial charge in [0.15, 0.2) is 0 Å². The van der Waals surface area contributed by atoms with Gasteiger partial charge >= 0.3 is 0 Å². The second-order valence-corrected chi connectivity index (χ2v) is 5.68. The Kier molecular flexibility index (Phi) is 5.92. The van der Waals surface area contributed by atoms with E-state index in [4.69, 9.17) is 4.42 Å². The van der Waals surface area contributed by atoms with Gasteiger partial charge < -0.3 is 9.32 Å². The summed E-state index contributed by atoms with van der Waals surface area (Å²) in [4.78, 5) is 16.3. The van der Waals surface area contributed by atoms with E-state index in [1.54, 1.807) is 6.26 Å². The van der Waals surface area contributed by atoms with Crippen molar-refractivity contribution in [3.8, 4) is 0 Å². The van der Waals surface area contributed by atoms with Crippen molar-refractivity contribution >= 4 is 21.8 Å². The van der Waals surface area contributed by atoms with Crippen LogP contribution in [0.4, 0.5) is 0 Å². The second-order valence-electron chi connectivity index (χ2n) is 4.88. The van der Waals surface area contributed by atoms with Crippen molar-refractivity contribution < 1.29 is 9.21 Å². The van der Waals surface area contributed by atoms with Gasteiger partial charge in [-0.15, -0.1) is 0 Å². The average molecular weight is 329 g/mol. The molecule has 1 fully saturated rings. The molecule has 1 amide bonds. The fraction of sp³-hybridized carbons (Fsp3) is 0.643. The van der Waals surface area contributed by atoms with Crippen LogP contribution >= 0.6 is 15.9 Å². The molecule has 4 nitrogen and oxygen atoms in total. The van der Waals surface area contributed by atoms with Crippen molar-refractivity contribution in [3.05, 3.63) is 24.2 Å². The topological polar surface area (TPSA) is 36.7 Å². The normalized spacial score (nSPS) is 16.8. The van der Waals surface area contributed by atoms with Gasteiger partial charge in [-0.25, -0.2) is 0 Å². The van der Waals surface area contributed by atoms with E-state index >= 15 is 0 Å². The quantitative estimate of drug-likeness (QED) is 0.594. The van der Waals surface area contributed by atoms with Crippen LogP contribution in [0.25, 0.3) is 0 Å². The number of carbonyl (C=O) groups is 1. The summed E-state index contributed by atoms with van der Waals surface area (Å²) in [6.45, 7) is 4.40. The standard InChI is InChI=1S/C14H21BrN2O2/c15-6-2-1-5-14(18)17-9-7-16(8-10-17)12-13-4-3-11-19-13/h3-4,11H,1-2,5-10,12H2. The van der Waals surface area contributed by atoms with Crippen molar-refractivity contribution in [3.63, 3.8) is 0 Å². The maximum absolute atomic E-state index is 12.0. The number of rotatable bonds is 6. The Morgan fingerprint density at radius 2 is 2.05 bits per heavy atom. The third-order valence-electron chi connectivity index (χ3n) is 3.46. The maximum Gasteiger partial charge on any atom is 0.222 e. The Hall–Kier alpha value is -0.810. The Bertz CT molecular complexity index is 373. The lowest BCUT2D eigenvalue weighted by molar-refractivity contribution is -0.133. The van der Waals surface area contributed by atoms with Crippen LogP contribution < -0.4 is 0 Å². The molecule has 0 aliphatic carbocycles. The Morgan fingerprint density at radius 1 is 1.26 bits per heavy atom. The first-order valence-electron chi connectivity index (χ1n) is 6.88. The van der Waals surface area contributed by atoms with Crippen molar-refractivity contribution in [2.75, 3.05) is 31.5 Å². The molecule has 0 radical (unpaired) electrons. The maximum atomic E-state index is 12.0. The monoisotopic (exact) mass is 328 g/mol. The Labute approximate surface area is 122 Å². The molecule has 0 atom stereocenters. The van der Waals surface area contributed by atoms with E-state index in [1.165, 1.54) is 0 Å². The molecule has 0 aromatic carbocycles. The number of carbonyl (C=O) groups excluding carboxylic acids is 1. The van der Waals surface area contributed by atoms with Crippen molar-refractivity contribution in [2.45, 2.75) is 25.8 Å². The van der Waals surface area contributed by atoms with Gasteiger partial charge in [0.05, 0.1) is 12.8 Å². The molecular weight excluding hydrogens is 308 g/mol. The summed E-state index contributed by atoms with van der Waals surface area (Å²) in [5.74, 6) is 1.30. The average Bonchev–Trinajstić information content (AvgIpc) is 2.93. The summed E-state index contributed by atoms with van der Waals surface area (Å²) in [7, 11) is 0. The van der Waals surface area contributed by atoms with Crippen molar-refractivity contribution in [2.24, 2.45) is 0 Å². The number of piperazine rings is 1. The van der Waals surface area contributed by atoms with E-state index in [0.717, 1.165) is 56.7 Å². The number of alkyl halides is 1. The van der Waals surface area contributed by atoms with E-state index < -0.39 is 0 Å². The molecule has 1 aromatic rings. The summed E-state index contributed by atoms with van der Waals surface area (Å²) in [5.41, 5.74) is 0. The van der Waals surface area contributed by atoms with Gasteiger partial charge in [0.1, 0.15) is 5.76 Å². The van der Waals surface area contributed by atoms with Crippen LogP contribution in [0.15, 0.2) is 22.8 Å². The predicted octanol–water partition coefficient (Wildman–Crippen LogP) is 2.49. The molecule has 106 valence electrons. The highest BCUT2D eigenvalue weighted by Crippen LogP contribution is 2.10. The summed E-state index contributed by atoms with van der Waals surface area (Å²) < 4.78 is 5.35. The van der Waals surface area contributed by atoms with Crippen LogP contribution in [0.3, 0.4) is 0 Å². The highest BCUT2D eigenvalue weighted by molar-refractivity contribution is 9.09. The first-order chi connectivity index (χ1) is 9.29. The van der Waals surface area contributed by atoms with Gasteiger partial charge in [0.2, 0.25) is 5.91 Å². The van der Waals surface area contributed by atoms with Crippen LogP contribution in [0.5, 0.6) is 0 Å². The van der Waals surface area contributed by atoms with Gasteiger partial charge in [-0.3, -0.25) is 9.69 Å². The number of amides is 1. The van der Waals surface area contributed by atoms with Crippen LogP contribution in [0, 0.1) is 0 Å². The Balaban J connectivity index is 1.68. The molecule has 5 heteroatoms. The van der Waals surface area contributed by atoms with E-state index in [9.17, 15) is 4.79 Å². The largest absolute Gasteiger partial charge is 0.468 e. The molecule has 0 spiro atoms. The first kappa shape index (κ1) is 14.6. The highest BCUT2D eigenvalue weighted by atomic mass is 79.9. The van der Waals surface area contributed by atoms with Crippen LogP contribution in [0.1, 0.15) is 25.0 Å². The van der Waals surface area contributed by atoms with Gasteiger partial charge in [-0.1, -0.05) is 15.9 Å². The molecule has 0 bridgehead atoms. The van der Waals surface area contributed by atoms with Crippen LogP contribution in [-0.2, 0) is 11.3 Å². The fourth-order valence-corrected chi connectivity index (χ4v) is 2.70. The number of hydrogen-bond acceptors (Lipinski definition) is 3. The summed E-state index contributed by atoms with van der Waals surface area (Å²) >= 11 is 3.39. The van der Waals surface area contributed by atoms with E-state index in [2.05, 4.69) is 20.8 Å². The van der Waals surface area contributed by atoms with E-state index in [-0.39, 0.29) is 0 Å². The molecule has 0 unspecified atom stereocenters. The molecule has 1 aromatic heterocycles. The minimum absolute atomic E-state index is 0.304. The molecular formula is C14H21BrN2O2. The van der Waals surface area contributed by atoms with Crippen molar-refractivity contribution in [1.82, 2.24) is 9.80 Å². The smallest absolute Gasteiger partial charge is 0.222 e. The second kappa shape index (κ2) is 7.70. The van der Waals surface area contributed by atoms with E-state index in [1.807, 2.05) is 17.0 Å². The lowest BCUT2D eigenvalue weighted by atomic mass is 10.2. The van der Waals surface area contributed by atoms with Gasteiger partial charge in [0.25, 0.3) is 0 Å². The summed E-state index contributed by atoms with van der Waals surface area (Å²) in [6, 6.07) is 3.91. The number of halogens is 1. The lowest BCUT2D eigenvalue weighted by Gasteiger charge is -2.34. The van der Waals surface area contributed by atoms with Crippen molar-refractivity contribution in [1.29, 1.82) is 0 Å². The third-order valence-corrected chi connectivity index (χ3v) is 4.02. The van der Waals surface area contributed by atoms with Crippen LogP contribution in [0.2, 0.25) is 0 Å². The zero-order valence-electron chi connectivity index (χ0n) is 11.2. The summed E-state index contributed by atoms with van der Waals surface area (Å²) in [5, 5.41) is 0.983. The third kappa shape index (κ3) is 4.66. The Morgan fingerprint density at radius 3 is 2.68 bits per heavy atom. The number of hydrogen-bond donors (Lipinski definition) is 0. The molecule has 19 heavy (non-hydrogen) atoms. The summed E-state index contributed by atoms with van der Waals surface area (Å²) in [6.07, 6.45) is 4.45. The van der Waals surface area contributed by atoms with Gasteiger partial charge in [-0.05, 0) is 25.0 Å². The van der Waals surface area contributed by atoms with Gasteiger partial charge in [0, 0.05) is 37.9 Å². The van der Waals surface area contributed by atoms with Gasteiger partial charge in [-0.2, -0.15) is 0 Å². The molecule has 1 saturated heterocycles. The SMILES string of the molecule is O=C(CCCCBr)N1CCN(Cc2ccco2)CC1. The number of furan rings is 1. The molecule has 0 saturated carbocycles. The number of unbranched alkanes of at least 4 members (excludes halogenated alkanes) is 1. The molecule has 1 aliphatic heterocycles. The zero-order chi connectivity index (χ0) is 13.5. The first-order valence-corrected chi connectivity index (χ1v) is 8.00. The zero-order valence-corrected chi connectivity index (χ0v) is 12.8. The molecule has 2 rings (SSSR count). The lowest BCUT2D eigenvalue weighted by Crippen LogP contribution is -2.48. The van der Waals surface area contributed by atoms with E-state index in [0.29, 0.717) is 12.3 Å². The predicted molar refractivity (Wildman–Crippen MR) is 78.2 cm³/mol. The molecule has 1 aliphatic rings. The van der Waals surface area contributed by atoms with Crippen LogP contribution in [-0.4, -0.2) is 47.2 Å². The minimum Gasteiger partial charge on any atom is -0.468 e. The number of nitrogens with zero attached hydrogens (tertiary/aromatic N) is 2. The molecule has 2 heterocycles. The highest BCUT2D eigenvalue weighted by Gasteiger charge is 2.20. The minimum atomic E-state index is 0.304.